The molecule has 0 radical (unpaired) electrons. The fraction of sp³-hybridized carbons (Fsp3) is 0.333. The first-order valence-corrected chi connectivity index (χ1v) is 8.86. The largest absolute Gasteiger partial charge is 0.481 e. The lowest BCUT2D eigenvalue weighted by Crippen LogP contribution is -2.48. The monoisotopic (exact) mass is 353 g/mol. The Morgan fingerprint density at radius 3 is 2.35 bits per heavy atom. The molecule has 1 heterocycles. The van der Waals surface area contributed by atoms with Crippen LogP contribution in [0.4, 0.5) is 4.79 Å². The number of carbonyl (C=O) groups is 2. The molecule has 0 aromatic heterocycles. The number of aliphatic carboxylic acids is 1. The van der Waals surface area contributed by atoms with Gasteiger partial charge in [0.2, 0.25) is 0 Å². The summed E-state index contributed by atoms with van der Waals surface area (Å²) < 4.78 is 5.33. The van der Waals surface area contributed by atoms with Crippen LogP contribution < -0.4 is 0 Å². The van der Waals surface area contributed by atoms with Gasteiger partial charge < -0.3 is 14.7 Å². The number of amides is 1. The van der Waals surface area contributed by atoms with Crippen molar-refractivity contribution in [2.45, 2.75) is 31.8 Å². The van der Waals surface area contributed by atoms with E-state index in [9.17, 15) is 14.7 Å². The molecule has 1 fully saturated rings. The molecule has 0 bridgehead atoms. The Labute approximate surface area is 153 Å². The maximum absolute atomic E-state index is 12.1. The van der Waals surface area contributed by atoms with E-state index in [4.69, 9.17) is 4.74 Å². The topological polar surface area (TPSA) is 66.8 Å². The molecule has 136 valence electrons. The van der Waals surface area contributed by atoms with E-state index < -0.39 is 11.9 Å². The van der Waals surface area contributed by atoms with E-state index in [1.807, 2.05) is 61.5 Å². The molecule has 0 spiro atoms. The molecule has 2 aromatic carbocycles. The van der Waals surface area contributed by atoms with Gasteiger partial charge in [0.1, 0.15) is 6.61 Å². The number of hydrogen-bond donors (Lipinski definition) is 1. The highest BCUT2D eigenvalue weighted by molar-refractivity contribution is 5.76. The van der Waals surface area contributed by atoms with E-state index in [1.165, 1.54) is 0 Å². The second-order valence-electron chi connectivity index (χ2n) is 6.61. The average molecular weight is 353 g/mol. The molecule has 1 unspecified atom stereocenters. The van der Waals surface area contributed by atoms with Crippen molar-refractivity contribution in [3.63, 3.8) is 0 Å². The maximum Gasteiger partial charge on any atom is 0.410 e. The molecular weight excluding hydrogens is 330 g/mol. The number of benzene rings is 2. The Balaban J connectivity index is 1.50. The summed E-state index contributed by atoms with van der Waals surface area (Å²) in [7, 11) is 0. The number of rotatable bonds is 6. The van der Waals surface area contributed by atoms with E-state index in [1.54, 1.807) is 4.90 Å². The first-order valence-electron chi connectivity index (χ1n) is 8.86. The molecule has 2 aromatic rings. The molecule has 0 saturated carbocycles. The third-order valence-corrected chi connectivity index (χ3v) is 4.86. The number of carboxylic acid groups (broad SMARTS) is 1. The predicted molar refractivity (Wildman–Crippen MR) is 98.1 cm³/mol. The van der Waals surface area contributed by atoms with Gasteiger partial charge >= 0.3 is 12.1 Å². The number of nitrogens with zero attached hydrogens (tertiary/aromatic N) is 1. The van der Waals surface area contributed by atoms with E-state index in [0.717, 1.165) is 16.7 Å². The van der Waals surface area contributed by atoms with Crippen LogP contribution in [0.5, 0.6) is 0 Å². The van der Waals surface area contributed by atoms with Crippen LogP contribution in [-0.2, 0) is 16.1 Å². The Morgan fingerprint density at radius 2 is 1.77 bits per heavy atom. The summed E-state index contributed by atoms with van der Waals surface area (Å²) in [6.45, 7) is 3.41. The lowest BCUT2D eigenvalue weighted by molar-refractivity contribution is -0.138. The third kappa shape index (κ3) is 4.04. The normalized spacial score (nSPS) is 15.2. The zero-order chi connectivity index (χ0) is 18.5. The van der Waals surface area contributed by atoms with Crippen molar-refractivity contribution in [2.75, 3.05) is 13.1 Å². The van der Waals surface area contributed by atoms with E-state index in [0.29, 0.717) is 19.5 Å². The summed E-state index contributed by atoms with van der Waals surface area (Å²) in [5, 5.41) is 9.23. The number of hydrogen-bond acceptors (Lipinski definition) is 3. The van der Waals surface area contributed by atoms with Crippen molar-refractivity contribution in [1.29, 1.82) is 0 Å². The van der Waals surface area contributed by atoms with Gasteiger partial charge in [-0.15, -0.1) is 0 Å². The van der Waals surface area contributed by atoms with Crippen LogP contribution in [0.25, 0.3) is 0 Å². The van der Waals surface area contributed by atoms with Crippen molar-refractivity contribution < 1.29 is 19.4 Å². The van der Waals surface area contributed by atoms with Crippen LogP contribution in [0.3, 0.4) is 0 Å². The van der Waals surface area contributed by atoms with E-state index in [-0.39, 0.29) is 18.6 Å². The minimum Gasteiger partial charge on any atom is -0.481 e. The summed E-state index contributed by atoms with van der Waals surface area (Å²) in [5.41, 5.74) is 2.92. The van der Waals surface area contributed by atoms with Crippen LogP contribution in [0.2, 0.25) is 0 Å². The zero-order valence-electron chi connectivity index (χ0n) is 14.8. The molecule has 1 aliphatic heterocycles. The molecule has 1 aliphatic rings. The maximum atomic E-state index is 12.1. The lowest BCUT2D eigenvalue weighted by atomic mass is 9.89. The summed E-state index contributed by atoms with van der Waals surface area (Å²) in [6.07, 6.45) is 0.276. The van der Waals surface area contributed by atoms with Gasteiger partial charge in [-0.25, -0.2) is 4.79 Å². The third-order valence-electron chi connectivity index (χ3n) is 4.86. The van der Waals surface area contributed by atoms with Crippen molar-refractivity contribution in [3.8, 4) is 0 Å². The van der Waals surface area contributed by atoms with Crippen LogP contribution in [0.1, 0.15) is 41.9 Å². The number of carboxylic acids is 1. The summed E-state index contributed by atoms with van der Waals surface area (Å²) >= 11 is 0. The van der Waals surface area contributed by atoms with Crippen LogP contribution >= 0.6 is 0 Å². The number of ether oxygens (including phenoxy) is 1. The van der Waals surface area contributed by atoms with E-state index >= 15 is 0 Å². The van der Waals surface area contributed by atoms with Gasteiger partial charge in [0.05, 0.1) is 5.92 Å². The first kappa shape index (κ1) is 18.0. The van der Waals surface area contributed by atoms with Gasteiger partial charge in [-0.2, -0.15) is 0 Å². The number of likely N-dealkylation sites (tertiary alicyclic amines) is 1. The fourth-order valence-electron chi connectivity index (χ4n) is 3.20. The van der Waals surface area contributed by atoms with Gasteiger partial charge in [0.15, 0.2) is 0 Å². The summed E-state index contributed by atoms with van der Waals surface area (Å²) in [5.74, 6) is -0.982. The van der Waals surface area contributed by atoms with Crippen molar-refractivity contribution in [1.82, 2.24) is 4.90 Å². The molecule has 5 nitrogen and oxygen atoms in total. The quantitative estimate of drug-likeness (QED) is 0.852. The Bertz CT molecular complexity index is 751. The van der Waals surface area contributed by atoms with Gasteiger partial charge in [-0.3, -0.25) is 4.79 Å². The Hall–Kier alpha value is -2.82. The number of carbonyl (C=O) groups excluding carboxylic acids is 1. The molecule has 3 rings (SSSR count). The van der Waals surface area contributed by atoms with E-state index in [2.05, 4.69) is 0 Å². The van der Waals surface area contributed by atoms with Crippen molar-refractivity contribution in [3.05, 3.63) is 71.3 Å². The molecular formula is C21H23NO4. The van der Waals surface area contributed by atoms with Crippen LogP contribution in [0.15, 0.2) is 54.6 Å². The fourth-order valence-corrected chi connectivity index (χ4v) is 3.20. The molecule has 26 heavy (non-hydrogen) atoms. The molecule has 1 N–H and O–H groups in total. The molecule has 5 heteroatoms. The zero-order valence-corrected chi connectivity index (χ0v) is 14.8. The lowest BCUT2D eigenvalue weighted by Gasteiger charge is -2.38. The minimum atomic E-state index is -0.795. The van der Waals surface area contributed by atoms with Crippen molar-refractivity contribution >= 4 is 12.1 Å². The highest BCUT2D eigenvalue weighted by atomic mass is 16.6. The molecule has 1 amide bonds. The first-order chi connectivity index (χ1) is 12.6. The van der Waals surface area contributed by atoms with Crippen molar-refractivity contribution in [2.24, 2.45) is 0 Å². The summed E-state index contributed by atoms with van der Waals surface area (Å²) in [6, 6.07) is 17.3. The highest BCUT2D eigenvalue weighted by Crippen LogP contribution is 2.29. The Morgan fingerprint density at radius 1 is 1.12 bits per heavy atom. The van der Waals surface area contributed by atoms with Gasteiger partial charge in [-0.1, -0.05) is 61.5 Å². The average Bonchev–Trinajstić information content (AvgIpc) is 2.61. The highest BCUT2D eigenvalue weighted by Gasteiger charge is 2.32. The smallest absolute Gasteiger partial charge is 0.410 e. The Kier molecular flexibility index (Phi) is 5.56. The molecule has 1 saturated heterocycles. The second-order valence-corrected chi connectivity index (χ2v) is 6.61. The van der Waals surface area contributed by atoms with Crippen LogP contribution in [0, 0.1) is 0 Å². The minimum absolute atomic E-state index is 0.276. The van der Waals surface area contributed by atoms with Crippen LogP contribution in [-0.4, -0.2) is 35.2 Å². The molecule has 0 aliphatic carbocycles. The molecule has 1 atom stereocenters. The van der Waals surface area contributed by atoms with Gasteiger partial charge in [-0.05, 0) is 23.1 Å². The van der Waals surface area contributed by atoms with Gasteiger partial charge in [0, 0.05) is 19.0 Å². The second kappa shape index (κ2) is 8.04. The SMILES string of the molecule is CCC(C(=O)O)c1ccc(C2CN(C(=O)OCc3ccccc3)C2)cc1. The van der Waals surface area contributed by atoms with Gasteiger partial charge in [0.25, 0.3) is 0 Å². The summed E-state index contributed by atoms with van der Waals surface area (Å²) in [4.78, 5) is 25.0. The standard InChI is InChI=1S/C21H23NO4/c1-2-19(20(23)24)17-10-8-16(9-11-17)18-12-22(13-18)21(25)26-14-15-6-4-3-5-7-15/h3-11,18-19H,2,12-14H2,1H3,(H,23,24). The predicted octanol–water partition coefficient (Wildman–Crippen LogP) is 4.00.